The molecule has 3 nitrogen and oxygen atoms in total. The molecule has 2 bridgehead atoms. The van der Waals surface area contributed by atoms with E-state index in [1.54, 1.807) is 0 Å². The first-order valence-corrected chi connectivity index (χ1v) is 8.42. The van der Waals surface area contributed by atoms with Crippen molar-refractivity contribution >= 4 is 23.2 Å². The number of halogens is 2. The van der Waals surface area contributed by atoms with Crippen LogP contribution in [0.25, 0.3) is 0 Å². The van der Waals surface area contributed by atoms with E-state index in [4.69, 9.17) is 27.9 Å². The third kappa shape index (κ3) is 3.54. The van der Waals surface area contributed by atoms with Gasteiger partial charge in [-0.15, -0.1) is 0 Å². The number of benzene rings is 1. The summed E-state index contributed by atoms with van der Waals surface area (Å²) in [7, 11) is 1.98. The number of hydrogen-bond acceptors (Lipinski definition) is 3. The Morgan fingerprint density at radius 1 is 1.29 bits per heavy atom. The molecule has 0 aromatic heterocycles. The molecule has 0 aliphatic carbocycles. The average molecular weight is 329 g/mol. The van der Waals surface area contributed by atoms with Gasteiger partial charge < -0.3 is 10.1 Å². The van der Waals surface area contributed by atoms with Crippen LogP contribution in [0.2, 0.25) is 10.0 Å². The number of ether oxygens (including phenoxy) is 1. The third-order valence-corrected chi connectivity index (χ3v) is 5.39. The minimum absolute atomic E-state index is 0.233. The van der Waals surface area contributed by atoms with Gasteiger partial charge in [-0.25, -0.2) is 0 Å². The van der Waals surface area contributed by atoms with Crippen molar-refractivity contribution in [1.82, 2.24) is 10.2 Å². The molecule has 5 heteroatoms. The number of morpholine rings is 1. The normalized spacial score (nSPS) is 27.0. The molecule has 2 aliphatic rings. The van der Waals surface area contributed by atoms with Crippen molar-refractivity contribution in [1.29, 1.82) is 0 Å². The van der Waals surface area contributed by atoms with Crippen LogP contribution in [0.1, 0.15) is 30.9 Å². The molecule has 2 aliphatic heterocycles. The fourth-order valence-corrected chi connectivity index (χ4v) is 3.88. The van der Waals surface area contributed by atoms with Crippen molar-refractivity contribution in [3.05, 3.63) is 33.8 Å². The second-order valence-corrected chi connectivity index (χ2v) is 6.78. The molecule has 1 aromatic carbocycles. The van der Waals surface area contributed by atoms with Gasteiger partial charge in [0.05, 0.1) is 22.3 Å². The van der Waals surface area contributed by atoms with Gasteiger partial charge in [-0.1, -0.05) is 35.3 Å². The Morgan fingerprint density at radius 2 is 2.00 bits per heavy atom. The van der Waals surface area contributed by atoms with E-state index >= 15 is 0 Å². The Bertz CT molecular complexity index is 485. The Hall–Kier alpha value is -0.320. The van der Waals surface area contributed by atoms with Gasteiger partial charge in [0.25, 0.3) is 0 Å². The summed E-state index contributed by atoms with van der Waals surface area (Å²) in [6.45, 7) is 3.19. The summed E-state index contributed by atoms with van der Waals surface area (Å²) in [5, 5.41) is 4.65. The molecule has 1 N–H and O–H groups in total. The number of nitrogens with one attached hydrogen (secondary N) is 1. The molecule has 0 radical (unpaired) electrons. The molecule has 2 fully saturated rings. The van der Waals surface area contributed by atoms with Gasteiger partial charge in [-0.05, 0) is 37.9 Å². The number of fused-ring (bicyclic) bond motifs is 2. The highest BCUT2D eigenvalue weighted by molar-refractivity contribution is 6.42. The summed E-state index contributed by atoms with van der Waals surface area (Å²) in [6.07, 6.45) is 4.36. The highest BCUT2D eigenvalue weighted by Gasteiger charge is 2.33. The minimum Gasteiger partial charge on any atom is -0.372 e. The maximum absolute atomic E-state index is 6.34. The molecule has 3 unspecified atom stereocenters. The molecule has 3 rings (SSSR count). The zero-order valence-electron chi connectivity index (χ0n) is 12.3. The van der Waals surface area contributed by atoms with Crippen LogP contribution >= 0.6 is 23.2 Å². The molecular weight excluding hydrogens is 307 g/mol. The van der Waals surface area contributed by atoms with Gasteiger partial charge in [-0.2, -0.15) is 0 Å². The maximum atomic E-state index is 6.34. The molecule has 2 heterocycles. The van der Waals surface area contributed by atoms with Crippen molar-refractivity contribution < 1.29 is 4.74 Å². The Balaban J connectivity index is 1.61. The first kappa shape index (κ1) is 15.6. The quantitative estimate of drug-likeness (QED) is 0.895. The highest BCUT2D eigenvalue weighted by Crippen LogP contribution is 2.32. The Labute approximate surface area is 136 Å². The number of hydrogen-bond donors (Lipinski definition) is 1. The topological polar surface area (TPSA) is 24.5 Å². The lowest BCUT2D eigenvalue weighted by atomic mass is 10.0. The number of nitrogens with zero attached hydrogens (tertiary/aromatic N) is 1. The summed E-state index contributed by atoms with van der Waals surface area (Å²) in [5.41, 5.74) is 1.09. The zero-order valence-corrected chi connectivity index (χ0v) is 13.8. The lowest BCUT2D eigenvalue weighted by molar-refractivity contribution is -0.0390. The molecule has 116 valence electrons. The van der Waals surface area contributed by atoms with Gasteiger partial charge in [0.2, 0.25) is 0 Å². The van der Waals surface area contributed by atoms with E-state index in [1.165, 1.54) is 12.8 Å². The fraction of sp³-hybridized carbons (Fsp3) is 0.625. The standard InChI is InChI=1S/C16H22Cl2N2O/c1-19-15(13-3-2-4-14(17)16(13)18)7-8-20-9-11-5-6-12(10-20)21-11/h2-4,11-12,15,19H,5-10H2,1H3. The summed E-state index contributed by atoms with van der Waals surface area (Å²) in [4.78, 5) is 2.52. The van der Waals surface area contributed by atoms with Gasteiger partial charge in [0, 0.05) is 25.7 Å². The smallest absolute Gasteiger partial charge is 0.0707 e. The SMILES string of the molecule is CNC(CCN1CC2CCC(C1)O2)c1cccc(Cl)c1Cl. The summed E-state index contributed by atoms with van der Waals surface area (Å²) in [5.74, 6) is 0. The molecular formula is C16H22Cl2N2O. The lowest BCUT2D eigenvalue weighted by Crippen LogP contribution is -2.43. The predicted molar refractivity (Wildman–Crippen MR) is 87.2 cm³/mol. The van der Waals surface area contributed by atoms with E-state index in [-0.39, 0.29) is 6.04 Å². The molecule has 0 spiro atoms. The third-order valence-electron chi connectivity index (χ3n) is 4.56. The Morgan fingerprint density at radius 3 is 2.67 bits per heavy atom. The minimum atomic E-state index is 0.233. The van der Waals surface area contributed by atoms with Crippen LogP contribution in [0.15, 0.2) is 18.2 Å². The van der Waals surface area contributed by atoms with Crippen molar-refractivity contribution in [2.45, 2.75) is 37.5 Å². The maximum Gasteiger partial charge on any atom is 0.0707 e. The first-order valence-electron chi connectivity index (χ1n) is 7.66. The average Bonchev–Trinajstić information content (AvgIpc) is 2.82. The molecule has 3 atom stereocenters. The van der Waals surface area contributed by atoms with Crippen LogP contribution in [0, 0.1) is 0 Å². The summed E-state index contributed by atoms with van der Waals surface area (Å²) in [6, 6.07) is 6.08. The van der Waals surface area contributed by atoms with Crippen molar-refractivity contribution in [3.63, 3.8) is 0 Å². The van der Waals surface area contributed by atoms with Gasteiger partial charge in [-0.3, -0.25) is 4.90 Å². The second kappa shape index (κ2) is 6.84. The van der Waals surface area contributed by atoms with E-state index in [0.29, 0.717) is 22.3 Å². The van der Waals surface area contributed by atoms with Crippen molar-refractivity contribution in [2.24, 2.45) is 0 Å². The van der Waals surface area contributed by atoms with Crippen LogP contribution in [0.5, 0.6) is 0 Å². The van der Waals surface area contributed by atoms with Crippen molar-refractivity contribution in [3.8, 4) is 0 Å². The number of rotatable bonds is 5. The largest absolute Gasteiger partial charge is 0.372 e. The van der Waals surface area contributed by atoms with Crippen molar-refractivity contribution in [2.75, 3.05) is 26.7 Å². The Kier molecular flexibility index (Phi) is 5.07. The fourth-order valence-electron chi connectivity index (χ4n) is 3.44. The van der Waals surface area contributed by atoms with Gasteiger partial charge >= 0.3 is 0 Å². The van der Waals surface area contributed by atoms with Crippen LogP contribution in [-0.2, 0) is 4.74 Å². The van der Waals surface area contributed by atoms with Crippen LogP contribution in [0.4, 0.5) is 0 Å². The number of likely N-dealkylation sites (tertiary alicyclic amines) is 1. The highest BCUT2D eigenvalue weighted by atomic mass is 35.5. The molecule has 1 aromatic rings. The van der Waals surface area contributed by atoms with E-state index in [2.05, 4.69) is 16.3 Å². The first-order chi connectivity index (χ1) is 10.2. The van der Waals surface area contributed by atoms with E-state index in [9.17, 15) is 0 Å². The zero-order chi connectivity index (χ0) is 14.8. The molecule has 0 saturated carbocycles. The second-order valence-electron chi connectivity index (χ2n) is 5.99. The van der Waals surface area contributed by atoms with Crippen LogP contribution in [0.3, 0.4) is 0 Å². The predicted octanol–water partition coefficient (Wildman–Crippen LogP) is 3.51. The lowest BCUT2D eigenvalue weighted by Gasteiger charge is -2.33. The van der Waals surface area contributed by atoms with Crippen LogP contribution < -0.4 is 5.32 Å². The monoisotopic (exact) mass is 328 g/mol. The van der Waals surface area contributed by atoms with E-state index in [0.717, 1.165) is 31.6 Å². The summed E-state index contributed by atoms with van der Waals surface area (Å²) >= 11 is 12.5. The van der Waals surface area contributed by atoms with E-state index < -0.39 is 0 Å². The molecule has 0 amide bonds. The van der Waals surface area contributed by atoms with Gasteiger partial charge in [0.15, 0.2) is 0 Å². The van der Waals surface area contributed by atoms with Gasteiger partial charge in [0.1, 0.15) is 0 Å². The van der Waals surface area contributed by atoms with Crippen LogP contribution in [-0.4, -0.2) is 43.8 Å². The molecule has 2 saturated heterocycles. The molecule has 21 heavy (non-hydrogen) atoms. The summed E-state index contributed by atoms with van der Waals surface area (Å²) < 4.78 is 5.88. The van der Waals surface area contributed by atoms with E-state index in [1.807, 2.05) is 19.2 Å².